The summed E-state index contributed by atoms with van der Waals surface area (Å²) < 4.78 is 0. The molecule has 0 bridgehead atoms. The fraction of sp³-hybridized carbons (Fsp3) is 0.643. The van der Waals surface area contributed by atoms with E-state index in [1.807, 2.05) is 12.3 Å². The Morgan fingerprint density at radius 1 is 1.44 bits per heavy atom. The summed E-state index contributed by atoms with van der Waals surface area (Å²) in [6.45, 7) is 3.36. The summed E-state index contributed by atoms with van der Waals surface area (Å²) in [6.07, 6.45) is 8.41. The third-order valence-electron chi connectivity index (χ3n) is 3.53. The number of hydrogen-bond donors (Lipinski definition) is 1. The number of nitrogens with one attached hydrogen (secondary N) is 1. The molecule has 0 aliphatic heterocycles. The molecule has 1 aromatic heterocycles. The first-order valence-corrected chi connectivity index (χ1v) is 6.53. The maximum absolute atomic E-state index is 4.43. The van der Waals surface area contributed by atoms with Gasteiger partial charge in [0.15, 0.2) is 0 Å². The minimum absolute atomic E-state index is 0.642. The van der Waals surface area contributed by atoms with Crippen LogP contribution in [0.3, 0.4) is 0 Å². The van der Waals surface area contributed by atoms with Crippen molar-refractivity contribution in [3.05, 3.63) is 30.1 Å². The molecule has 0 aromatic carbocycles. The summed E-state index contributed by atoms with van der Waals surface area (Å²) in [5.41, 5.74) is 1.23. The van der Waals surface area contributed by atoms with E-state index in [4.69, 9.17) is 0 Å². The molecule has 1 fully saturated rings. The topological polar surface area (TPSA) is 24.9 Å². The molecule has 0 saturated heterocycles. The van der Waals surface area contributed by atoms with Crippen LogP contribution in [-0.4, -0.2) is 17.6 Å². The maximum atomic E-state index is 4.43. The predicted molar refractivity (Wildman–Crippen MR) is 67.4 cm³/mol. The van der Waals surface area contributed by atoms with Gasteiger partial charge in [-0.2, -0.15) is 0 Å². The molecule has 1 N–H and O–H groups in total. The maximum Gasteiger partial charge on any atom is 0.0419 e. The summed E-state index contributed by atoms with van der Waals surface area (Å²) in [5, 5.41) is 3.68. The molecule has 1 aromatic rings. The van der Waals surface area contributed by atoms with Gasteiger partial charge in [-0.1, -0.05) is 19.4 Å². The van der Waals surface area contributed by atoms with Crippen LogP contribution in [0.5, 0.6) is 0 Å². The van der Waals surface area contributed by atoms with Gasteiger partial charge in [-0.05, 0) is 43.9 Å². The van der Waals surface area contributed by atoms with Crippen molar-refractivity contribution in [2.24, 2.45) is 5.92 Å². The molecule has 1 atom stereocenters. The van der Waals surface area contributed by atoms with Crippen LogP contribution in [0.15, 0.2) is 24.4 Å². The Kier molecular flexibility index (Phi) is 4.34. The summed E-state index contributed by atoms with van der Waals surface area (Å²) in [6, 6.07) is 6.85. The van der Waals surface area contributed by atoms with Gasteiger partial charge in [0, 0.05) is 24.4 Å². The molecule has 1 unspecified atom stereocenters. The van der Waals surface area contributed by atoms with Crippen molar-refractivity contribution in [1.29, 1.82) is 0 Å². The molecular formula is C14H22N2. The molecule has 0 amide bonds. The van der Waals surface area contributed by atoms with Crippen LogP contribution in [0.2, 0.25) is 0 Å². The molecule has 1 aliphatic carbocycles. The van der Waals surface area contributed by atoms with Crippen LogP contribution in [0.4, 0.5) is 0 Å². The van der Waals surface area contributed by atoms with Gasteiger partial charge in [0.1, 0.15) is 0 Å². The standard InChI is InChI=1S/C14H22N2/c1-2-9-16-14(12-6-5-7-12)11-13-8-3-4-10-15-13/h3-4,8,10,12,14,16H,2,5-7,9,11H2,1H3. The molecule has 1 aliphatic rings. The zero-order valence-corrected chi connectivity index (χ0v) is 10.2. The first kappa shape index (κ1) is 11.6. The van der Waals surface area contributed by atoms with Crippen LogP contribution in [0.25, 0.3) is 0 Å². The zero-order chi connectivity index (χ0) is 11.2. The van der Waals surface area contributed by atoms with E-state index in [0.29, 0.717) is 6.04 Å². The number of aromatic nitrogens is 1. The largest absolute Gasteiger partial charge is 0.313 e. The van der Waals surface area contributed by atoms with Gasteiger partial charge in [0.25, 0.3) is 0 Å². The fourth-order valence-electron chi connectivity index (χ4n) is 2.32. The monoisotopic (exact) mass is 218 g/mol. The molecular weight excluding hydrogens is 196 g/mol. The average molecular weight is 218 g/mol. The second-order valence-corrected chi connectivity index (χ2v) is 4.78. The Morgan fingerprint density at radius 3 is 2.88 bits per heavy atom. The van der Waals surface area contributed by atoms with Crippen molar-refractivity contribution >= 4 is 0 Å². The minimum Gasteiger partial charge on any atom is -0.313 e. The van der Waals surface area contributed by atoms with Gasteiger partial charge in [-0.15, -0.1) is 0 Å². The SMILES string of the molecule is CCCNC(Cc1ccccn1)C1CCC1. The second kappa shape index (κ2) is 6.00. The van der Waals surface area contributed by atoms with E-state index in [2.05, 4.69) is 29.4 Å². The average Bonchev–Trinajstić information content (AvgIpc) is 2.25. The van der Waals surface area contributed by atoms with Crippen LogP contribution >= 0.6 is 0 Å². The first-order valence-electron chi connectivity index (χ1n) is 6.53. The number of pyridine rings is 1. The quantitative estimate of drug-likeness (QED) is 0.794. The normalized spacial score (nSPS) is 18.1. The molecule has 2 rings (SSSR count). The van der Waals surface area contributed by atoms with E-state index in [9.17, 15) is 0 Å². The Hall–Kier alpha value is -0.890. The van der Waals surface area contributed by atoms with Crippen LogP contribution < -0.4 is 5.32 Å². The van der Waals surface area contributed by atoms with E-state index >= 15 is 0 Å². The molecule has 1 heterocycles. The molecule has 0 radical (unpaired) electrons. The van der Waals surface area contributed by atoms with Crippen molar-refractivity contribution in [3.63, 3.8) is 0 Å². The third kappa shape index (κ3) is 3.05. The van der Waals surface area contributed by atoms with Crippen LogP contribution in [0.1, 0.15) is 38.3 Å². The minimum atomic E-state index is 0.642. The lowest BCUT2D eigenvalue weighted by molar-refractivity contribution is 0.226. The van der Waals surface area contributed by atoms with E-state index < -0.39 is 0 Å². The Bertz CT molecular complexity index is 293. The highest BCUT2D eigenvalue weighted by Gasteiger charge is 2.26. The van der Waals surface area contributed by atoms with Crippen LogP contribution in [-0.2, 0) is 6.42 Å². The number of rotatable bonds is 6. The first-order chi connectivity index (χ1) is 7.90. The third-order valence-corrected chi connectivity index (χ3v) is 3.53. The number of nitrogens with zero attached hydrogens (tertiary/aromatic N) is 1. The van der Waals surface area contributed by atoms with E-state index in [1.54, 1.807) is 0 Å². The molecule has 2 nitrogen and oxygen atoms in total. The Balaban J connectivity index is 1.90. The summed E-state index contributed by atoms with van der Waals surface area (Å²) in [7, 11) is 0. The van der Waals surface area contributed by atoms with Gasteiger partial charge >= 0.3 is 0 Å². The Labute approximate surface area is 98.5 Å². The van der Waals surface area contributed by atoms with Crippen molar-refractivity contribution < 1.29 is 0 Å². The van der Waals surface area contributed by atoms with Crippen molar-refractivity contribution in [2.45, 2.75) is 45.1 Å². The molecule has 88 valence electrons. The lowest BCUT2D eigenvalue weighted by Gasteiger charge is -2.34. The van der Waals surface area contributed by atoms with Crippen molar-refractivity contribution in [3.8, 4) is 0 Å². The predicted octanol–water partition coefficient (Wildman–Crippen LogP) is 2.79. The van der Waals surface area contributed by atoms with Gasteiger partial charge in [0.2, 0.25) is 0 Å². The lowest BCUT2D eigenvalue weighted by Crippen LogP contribution is -2.41. The van der Waals surface area contributed by atoms with E-state index in [0.717, 1.165) is 18.9 Å². The highest BCUT2D eigenvalue weighted by atomic mass is 14.9. The lowest BCUT2D eigenvalue weighted by atomic mass is 9.78. The highest BCUT2D eigenvalue weighted by Crippen LogP contribution is 2.30. The molecule has 1 saturated carbocycles. The van der Waals surface area contributed by atoms with Gasteiger partial charge in [-0.3, -0.25) is 4.98 Å². The van der Waals surface area contributed by atoms with Crippen molar-refractivity contribution in [1.82, 2.24) is 10.3 Å². The second-order valence-electron chi connectivity index (χ2n) is 4.78. The summed E-state index contributed by atoms with van der Waals surface area (Å²) in [5.74, 6) is 0.883. The zero-order valence-electron chi connectivity index (χ0n) is 10.2. The number of hydrogen-bond acceptors (Lipinski definition) is 2. The smallest absolute Gasteiger partial charge is 0.0419 e. The highest BCUT2D eigenvalue weighted by molar-refractivity contribution is 5.06. The van der Waals surface area contributed by atoms with E-state index in [-0.39, 0.29) is 0 Å². The van der Waals surface area contributed by atoms with Gasteiger partial charge in [-0.25, -0.2) is 0 Å². The molecule has 2 heteroatoms. The van der Waals surface area contributed by atoms with Crippen molar-refractivity contribution in [2.75, 3.05) is 6.54 Å². The molecule has 0 spiro atoms. The Morgan fingerprint density at radius 2 is 2.31 bits per heavy atom. The fourth-order valence-corrected chi connectivity index (χ4v) is 2.32. The van der Waals surface area contributed by atoms with Gasteiger partial charge < -0.3 is 5.32 Å². The van der Waals surface area contributed by atoms with E-state index in [1.165, 1.54) is 31.4 Å². The summed E-state index contributed by atoms with van der Waals surface area (Å²) >= 11 is 0. The molecule has 16 heavy (non-hydrogen) atoms. The van der Waals surface area contributed by atoms with Gasteiger partial charge in [0.05, 0.1) is 0 Å². The van der Waals surface area contributed by atoms with Crippen LogP contribution in [0, 0.1) is 5.92 Å². The summed E-state index contributed by atoms with van der Waals surface area (Å²) in [4.78, 5) is 4.43.